The van der Waals surface area contributed by atoms with Crippen molar-refractivity contribution >= 4 is 11.8 Å². The van der Waals surface area contributed by atoms with Crippen LogP contribution in [0.3, 0.4) is 0 Å². The summed E-state index contributed by atoms with van der Waals surface area (Å²) in [6.07, 6.45) is 7.11. The van der Waals surface area contributed by atoms with E-state index in [0.29, 0.717) is 47.6 Å². The number of rotatable bonds is 14. The molecule has 70 heavy (non-hydrogen) atoms. The van der Waals surface area contributed by atoms with Crippen molar-refractivity contribution < 1.29 is 57.6 Å². The van der Waals surface area contributed by atoms with Crippen molar-refractivity contribution in [2.45, 2.75) is 154 Å². The van der Waals surface area contributed by atoms with Gasteiger partial charge < -0.3 is 48.9 Å². The summed E-state index contributed by atoms with van der Waals surface area (Å²) in [5, 5.41) is 6.23. The summed E-state index contributed by atoms with van der Waals surface area (Å²) < 4.78 is 39.3. The highest BCUT2D eigenvalue weighted by Gasteiger charge is 2.71. The minimum Gasteiger partial charge on any atom is -0.465 e. The lowest BCUT2D eigenvalue weighted by molar-refractivity contribution is -0.575. The number of nitrogens with one attached hydrogen (secondary N) is 2. The Bertz CT molecular complexity index is 2060. The molecule has 4 bridgehead atoms. The summed E-state index contributed by atoms with van der Waals surface area (Å²) in [6.45, 7) is 19.7. The van der Waals surface area contributed by atoms with E-state index >= 15 is 0 Å². The van der Waals surface area contributed by atoms with Gasteiger partial charge in [-0.25, -0.2) is 19.6 Å². The van der Waals surface area contributed by atoms with Gasteiger partial charge in [0, 0.05) is 86.9 Å². The average molecular weight is 973 g/mol. The van der Waals surface area contributed by atoms with Crippen LogP contribution in [0.5, 0.6) is 11.5 Å². The maximum atomic E-state index is 13.3. The van der Waals surface area contributed by atoms with Crippen LogP contribution in [0.2, 0.25) is 0 Å². The van der Waals surface area contributed by atoms with E-state index in [0.717, 1.165) is 103 Å². The summed E-state index contributed by atoms with van der Waals surface area (Å²) >= 11 is 0. The maximum Gasteiger partial charge on any atom is 0.251 e. The number of piperazine rings is 1. The molecule has 11 fully saturated rings. The van der Waals surface area contributed by atoms with Gasteiger partial charge in [0.15, 0.2) is 23.8 Å². The first-order valence-corrected chi connectivity index (χ1v) is 26.7. The summed E-state index contributed by atoms with van der Waals surface area (Å²) in [7, 11) is 0. The SMILES string of the molecule is C[C@@H]1CCC2[C@@H](C)[C@@H](Oc3cccc(C(=O)NCCCN4CCN(CCCNC(=O)c5cccc(O[C@H]6OC7O[C@@]8(C)CCC9[C@H](C)CCC([C@H]6C)[C@@]79OO8)c5)CC4)c3)OC3O[C@@]4(C)CCC1[C@]32OO4. The van der Waals surface area contributed by atoms with Crippen molar-refractivity contribution in [3.8, 4) is 11.5 Å². The van der Waals surface area contributed by atoms with Gasteiger partial charge in [-0.15, -0.1) is 0 Å². The van der Waals surface area contributed by atoms with Gasteiger partial charge in [0.2, 0.25) is 24.2 Å². The molecule has 16 heteroatoms. The molecule has 0 radical (unpaired) electrons. The zero-order chi connectivity index (χ0) is 48.4. The molecule has 9 saturated heterocycles. The molecule has 2 amide bonds. The van der Waals surface area contributed by atoms with E-state index < -0.39 is 47.9 Å². The summed E-state index contributed by atoms with van der Waals surface area (Å²) in [5.41, 5.74) is -0.193. The summed E-state index contributed by atoms with van der Waals surface area (Å²) in [6, 6.07) is 14.7. The Labute approximate surface area is 413 Å². The van der Waals surface area contributed by atoms with Gasteiger partial charge >= 0.3 is 0 Å². The molecule has 2 aromatic carbocycles. The molecule has 6 unspecified atom stereocenters. The maximum absolute atomic E-state index is 13.3. The van der Waals surface area contributed by atoms with Crippen molar-refractivity contribution in [3.05, 3.63) is 59.7 Å². The number of fused-ring (bicyclic) bond motifs is 4. The van der Waals surface area contributed by atoms with Crippen LogP contribution in [0.4, 0.5) is 0 Å². The molecular weight excluding hydrogens is 897 g/mol. The lowest BCUT2D eigenvalue weighted by Gasteiger charge is -2.60. The third kappa shape index (κ3) is 8.97. The van der Waals surface area contributed by atoms with Crippen LogP contribution >= 0.6 is 0 Å². The highest BCUT2D eigenvalue weighted by Crippen LogP contribution is 2.62. The average Bonchev–Trinajstić information content (AvgIpc) is 3.74. The number of nitrogens with zero attached hydrogens (tertiary/aromatic N) is 2. The molecular formula is C54H76N4O12. The fourth-order valence-corrected chi connectivity index (χ4v) is 14.2. The second kappa shape index (κ2) is 19.5. The van der Waals surface area contributed by atoms with Gasteiger partial charge in [-0.3, -0.25) is 9.59 Å². The van der Waals surface area contributed by atoms with Gasteiger partial charge in [0.05, 0.1) is 0 Å². The van der Waals surface area contributed by atoms with E-state index in [-0.39, 0.29) is 47.3 Å². The molecule has 2 aromatic rings. The monoisotopic (exact) mass is 973 g/mol. The Hall–Kier alpha value is -3.42. The predicted molar refractivity (Wildman–Crippen MR) is 255 cm³/mol. The molecule has 9 aliphatic heterocycles. The van der Waals surface area contributed by atoms with E-state index in [2.05, 4.69) is 48.1 Å². The second-order valence-corrected chi connectivity index (χ2v) is 22.7. The van der Waals surface area contributed by atoms with Crippen LogP contribution in [0, 0.1) is 47.3 Å². The topological polar surface area (TPSA) is 157 Å². The third-order valence-electron chi connectivity index (χ3n) is 18.2. The van der Waals surface area contributed by atoms with Crippen molar-refractivity contribution in [2.75, 3.05) is 52.4 Å². The molecule has 2 spiro atoms. The number of hydrogen-bond donors (Lipinski definition) is 2. The first-order valence-electron chi connectivity index (χ1n) is 26.7. The van der Waals surface area contributed by atoms with Crippen molar-refractivity contribution in [1.82, 2.24) is 20.4 Å². The van der Waals surface area contributed by atoms with Crippen LogP contribution in [-0.2, 0) is 38.5 Å². The molecule has 2 saturated carbocycles. The number of amides is 2. The third-order valence-corrected chi connectivity index (χ3v) is 18.2. The van der Waals surface area contributed by atoms with E-state index in [1.54, 1.807) is 12.1 Å². The van der Waals surface area contributed by atoms with Crippen LogP contribution in [0.15, 0.2) is 48.5 Å². The minimum atomic E-state index is -0.850. The molecule has 16 nitrogen and oxygen atoms in total. The van der Waals surface area contributed by atoms with Crippen molar-refractivity contribution in [1.29, 1.82) is 0 Å². The van der Waals surface area contributed by atoms with Gasteiger partial charge in [-0.05, 0) is 138 Å². The fraction of sp³-hybridized carbons (Fsp3) is 0.741. The molecule has 13 rings (SSSR count). The zero-order valence-electron chi connectivity index (χ0n) is 42.1. The standard InChI is InChI=1S/C54H76N4O12/c1-33-15-17-43-35(3)47(63-49-53(43)41(33)19-21-51(5,65-49)67-69-53)61-39-13-7-11-37(31-39)45(59)55-23-9-25-57-27-29-58(30-28-57)26-10-24-56-46(60)38-12-8-14-40(32-38)62-48-36(4)44-18-16-34(2)42-20-22-52(6)66-50(64-48)54(42,44)70-68-52/h7-8,11-14,31-36,41-44,47-50H,9-10,15-30H2,1-6H3,(H,55,59)(H,56,60)/t33-,34-,35-,36-,41?,42?,43?,44?,47+,48+,49?,50?,51-,52-,53-,54-/m1/s1. The number of benzene rings is 2. The van der Waals surface area contributed by atoms with E-state index in [1.165, 1.54) is 0 Å². The van der Waals surface area contributed by atoms with Crippen LogP contribution < -0.4 is 20.1 Å². The molecule has 384 valence electrons. The number of hydrogen-bond acceptors (Lipinski definition) is 14. The van der Waals surface area contributed by atoms with Crippen molar-refractivity contribution in [3.63, 3.8) is 0 Å². The molecule has 11 aliphatic rings. The predicted octanol–water partition coefficient (Wildman–Crippen LogP) is 7.42. The van der Waals surface area contributed by atoms with Crippen molar-refractivity contribution in [2.24, 2.45) is 47.3 Å². The second-order valence-electron chi connectivity index (χ2n) is 22.7. The molecule has 9 heterocycles. The zero-order valence-corrected chi connectivity index (χ0v) is 42.1. The van der Waals surface area contributed by atoms with Gasteiger partial charge in [0.25, 0.3) is 11.8 Å². The molecule has 0 aromatic heterocycles. The smallest absolute Gasteiger partial charge is 0.251 e. The largest absolute Gasteiger partial charge is 0.465 e. The Morgan fingerprint density at radius 1 is 0.586 bits per heavy atom. The number of ether oxygens (including phenoxy) is 6. The fourth-order valence-electron chi connectivity index (χ4n) is 14.2. The molecule has 2 aliphatic carbocycles. The minimum absolute atomic E-state index is 0.0273. The summed E-state index contributed by atoms with van der Waals surface area (Å²) in [4.78, 5) is 56.0. The van der Waals surface area contributed by atoms with Gasteiger partial charge in [-0.1, -0.05) is 39.8 Å². The first kappa shape index (κ1) is 48.8. The van der Waals surface area contributed by atoms with Crippen LogP contribution in [0.25, 0.3) is 0 Å². The highest BCUT2D eigenvalue weighted by atomic mass is 17.3. The van der Waals surface area contributed by atoms with E-state index in [1.807, 2.05) is 50.2 Å². The highest BCUT2D eigenvalue weighted by molar-refractivity contribution is 5.95. The lowest BCUT2D eigenvalue weighted by Crippen LogP contribution is -2.70. The summed E-state index contributed by atoms with van der Waals surface area (Å²) in [5.74, 6) is 1.14. The Kier molecular flexibility index (Phi) is 13.6. The Balaban J connectivity index is 0.586. The number of carbonyl (C=O) groups is 2. The van der Waals surface area contributed by atoms with E-state index in [9.17, 15) is 9.59 Å². The van der Waals surface area contributed by atoms with E-state index in [4.69, 9.17) is 48.0 Å². The first-order chi connectivity index (χ1) is 33.8. The Morgan fingerprint density at radius 2 is 1.01 bits per heavy atom. The van der Waals surface area contributed by atoms with Gasteiger partial charge in [0.1, 0.15) is 11.5 Å². The molecule has 16 atom stereocenters. The molecule has 2 N–H and O–H groups in total. The van der Waals surface area contributed by atoms with Gasteiger partial charge in [-0.2, -0.15) is 0 Å². The lowest BCUT2D eigenvalue weighted by atomic mass is 9.58. The quantitative estimate of drug-likeness (QED) is 0.142. The van der Waals surface area contributed by atoms with Crippen LogP contribution in [-0.4, -0.2) is 122 Å². The van der Waals surface area contributed by atoms with Crippen LogP contribution in [0.1, 0.15) is 126 Å². The normalized spacial score (nSPS) is 42.1. The number of carbonyl (C=O) groups excluding carboxylic acids is 2. The Morgan fingerprint density at radius 3 is 1.44 bits per heavy atom.